The molecule has 8 heteroatoms. The van der Waals surface area contributed by atoms with Crippen LogP contribution in [0.2, 0.25) is 10.6 Å². The topological polar surface area (TPSA) is 38.7 Å². The summed E-state index contributed by atoms with van der Waals surface area (Å²) in [6.07, 6.45) is 0. The largest absolute Gasteiger partial charge is 0.227 e. The maximum atomic E-state index is 12.9. The molecule has 0 spiro atoms. The molecule has 0 bridgehead atoms. The Morgan fingerprint density at radius 3 is 2.18 bits per heavy atom. The van der Waals surface area contributed by atoms with Crippen molar-refractivity contribution in [2.75, 3.05) is 0 Å². The van der Waals surface area contributed by atoms with Gasteiger partial charge in [-0.15, -0.1) is 0 Å². The van der Waals surface area contributed by atoms with E-state index in [0.29, 0.717) is 4.90 Å². The lowest BCUT2D eigenvalue weighted by Gasteiger charge is -2.01. The molecule has 0 unspecified atom stereocenters. The number of nitrogens with zero attached hydrogens (tertiary/aromatic N) is 3. The van der Waals surface area contributed by atoms with E-state index in [1.165, 1.54) is 6.07 Å². The lowest BCUT2D eigenvalue weighted by molar-refractivity contribution is 0.506. The van der Waals surface area contributed by atoms with Crippen molar-refractivity contribution in [3.63, 3.8) is 0 Å². The first kappa shape index (κ1) is 12.5. The van der Waals surface area contributed by atoms with Gasteiger partial charge in [0.1, 0.15) is 0 Å². The van der Waals surface area contributed by atoms with Crippen molar-refractivity contribution in [1.82, 2.24) is 15.0 Å². The monoisotopic (exact) mass is 293 g/mol. The zero-order valence-electron chi connectivity index (χ0n) is 7.99. The van der Waals surface area contributed by atoms with Crippen molar-refractivity contribution in [2.24, 2.45) is 0 Å². The molecule has 1 aromatic heterocycles. The normalized spacial score (nSPS) is 10.6. The lowest BCUT2D eigenvalue weighted by Crippen LogP contribution is -1.92. The summed E-state index contributed by atoms with van der Waals surface area (Å²) in [6, 6.07) is 3.45. The van der Waals surface area contributed by atoms with Crippen molar-refractivity contribution in [3.8, 4) is 0 Å². The highest BCUT2D eigenvalue weighted by Crippen LogP contribution is 2.27. The molecule has 1 aromatic carbocycles. The van der Waals surface area contributed by atoms with Crippen molar-refractivity contribution >= 4 is 35.0 Å². The molecule has 17 heavy (non-hydrogen) atoms. The lowest BCUT2D eigenvalue weighted by atomic mass is 10.3. The zero-order chi connectivity index (χ0) is 12.4. The Morgan fingerprint density at radius 2 is 1.59 bits per heavy atom. The number of aromatic nitrogens is 3. The Balaban J connectivity index is 2.28. The molecule has 0 fully saturated rings. The van der Waals surface area contributed by atoms with Crippen LogP contribution in [-0.2, 0) is 0 Å². The second kappa shape index (κ2) is 5.12. The molecule has 0 aliphatic heterocycles. The van der Waals surface area contributed by atoms with Crippen LogP contribution in [0.5, 0.6) is 0 Å². The van der Waals surface area contributed by atoms with Gasteiger partial charge >= 0.3 is 0 Å². The summed E-state index contributed by atoms with van der Waals surface area (Å²) < 4.78 is 25.6. The Morgan fingerprint density at radius 1 is 0.941 bits per heavy atom. The first-order valence-corrected chi connectivity index (χ1v) is 5.82. The Labute approximate surface area is 109 Å². The van der Waals surface area contributed by atoms with E-state index < -0.39 is 11.6 Å². The third-order valence-corrected chi connectivity index (χ3v) is 2.85. The molecule has 0 radical (unpaired) electrons. The van der Waals surface area contributed by atoms with Gasteiger partial charge in [0, 0.05) is 4.90 Å². The van der Waals surface area contributed by atoms with Crippen LogP contribution in [0.1, 0.15) is 0 Å². The summed E-state index contributed by atoms with van der Waals surface area (Å²) >= 11 is 12.2. The van der Waals surface area contributed by atoms with E-state index in [-0.39, 0.29) is 15.7 Å². The van der Waals surface area contributed by atoms with E-state index in [0.717, 1.165) is 23.9 Å². The number of benzene rings is 1. The smallest absolute Gasteiger partial charge is 0.204 e. The molecule has 3 nitrogen and oxygen atoms in total. The van der Waals surface area contributed by atoms with Crippen LogP contribution in [0.15, 0.2) is 28.3 Å². The summed E-state index contributed by atoms with van der Waals surface area (Å²) in [7, 11) is 0. The van der Waals surface area contributed by atoms with Gasteiger partial charge in [-0.3, -0.25) is 0 Å². The van der Waals surface area contributed by atoms with E-state index in [2.05, 4.69) is 15.0 Å². The minimum absolute atomic E-state index is 0.0601. The maximum absolute atomic E-state index is 12.9. The molecule has 2 aromatic rings. The van der Waals surface area contributed by atoms with Gasteiger partial charge in [0.25, 0.3) is 0 Å². The molecular weight excluding hydrogens is 291 g/mol. The summed E-state index contributed by atoms with van der Waals surface area (Å²) in [5, 5.41) is 0.0891. The average molecular weight is 294 g/mol. The fourth-order valence-corrected chi connectivity index (χ4v) is 2.24. The number of hydrogen-bond acceptors (Lipinski definition) is 4. The predicted octanol–water partition coefficient (Wildman–Crippen LogP) is 3.61. The van der Waals surface area contributed by atoms with Gasteiger partial charge in [-0.2, -0.15) is 15.0 Å². The number of rotatable bonds is 2. The molecule has 0 atom stereocenters. The summed E-state index contributed by atoms with van der Waals surface area (Å²) in [5.74, 6) is -1.86. The van der Waals surface area contributed by atoms with Crippen LogP contribution < -0.4 is 0 Å². The van der Waals surface area contributed by atoms with Gasteiger partial charge < -0.3 is 0 Å². The van der Waals surface area contributed by atoms with Crippen LogP contribution in [0.25, 0.3) is 0 Å². The van der Waals surface area contributed by atoms with E-state index >= 15 is 0 Å². The summed E-state index contributed by atoms with van der Waals surface area (Å²) in [4.78, 5) is 11.6. The molecule has 0 N–H and O–H groups in total. The second-order valence-electron chi connectivity index (χ2n) is 2.83. The van der Waals surface area contributed by atoms with Crippen LogP contribution >= 0.6 is 35.0 Å². The van der Waals surface area contributed by atoms with E-state index in [1.54, 1.807) is 0 Å². The third-order valence-electron chi connectivity index (χ3n) is 1.66. The Bertz CT molecular complexity index is 548. The molecule has 0 aliphatic rings. The first-order valence-electron chi connectivity index (χ1n) is 4.24. The highest BCUT2D eigenvalue weighted by molar-refractivity contribution is 7.99. The van der Waals surface area contributed by atoms with Crippen LogP contribution in [-0.4, -0.2) is 15.0 Å². The van der Waals surface area contributed by atoms with Gasteiger partial charge in [0.15, 0.2) is 16.8 Å². The molecule has 2 rings (SSSR count). The summed E-state index contributed by atoms with van der Waals surface area (Å²) in [5.41, 5.74) is 0. The van der Waals surface area contributed by atoms with Crippen molar-refractivity contribution < 1.29 is 8.78 Å². The van der Waals surface area contributed by atoms with Gasteiger partial charge in [-0.1, -0.05) is 0 Å². The van der Waals surface area contributed by atoms with Crippen LogP contribution in [0.3, 0.4) is 0 Å². The van der Waals surface area contributed by atoms with Gasteiger partial charge in [-0.25, -0.2) is 8.78 Å². The molecule has 0 saturated heterocycles. The van der Waals surface area contributed by atoms with Gasteiger partial charge in [-0.05, 0) is 53.2 Å². The second-order valence-corrected chi connectivity index (χ2v) is 4.55. The van der Waals surface area contributed by atoms with E-state index in [1.807, 2.05) is 0 Å². The molecular formula is C9H3Cl2F2N3S. The minimum atomic E-state index is -0.943. The SMILES string of the molecule is Fc1ccc(Sc2nc(Cl)nc(Cl)n2)cc1F. The minimum Gasteiger partial charge on any atom is -0.204 e. The first-order chi connectivity index (χ1) is 8.04. The summed E-state index contributed by atoms with van der Waals surface area (Å²) in [6.45, 7) is 0. The molecule has 0 aliphatic carbocycles. The fraction of sp³-hybridized carbons (Fsp3) is 0. The fourth-order valence-electron chi connectivity index (χ4n) is 1.00. The maximum Gasteiger partial charge on any atom is 0.227 e. The quantitative estimate of drug-likeness (QED) is 0.848. The average Bonchev–Trinajstić information content (AvgIpc) is 2.22. The van der Waals surface area contributed by atoms with Crippen molar-refractivity contribution in [2.45, 2.75) is 10.1 Å². The zero-order valence-corrected chi connectivity index (χ0v) is 10.3. The Hall–Kier alpha value is -0.980. The van der Waals surface area contributed by atoms with E-state index in [9.17, 15) is 8.78 Å². The molecule has 0 amide bonds. The predicted molar refractivity (Wildman–Crippen MR) is 60.3 cm³/mol. The molecule has 1 heterocycles. The number of halogens is 4. The van der Waals surface area contributed by atoms with Gasteiger partial charge in [0.05, 0.1) is 0 Å². The highest BCUT2D eigenvalue weighted by Gasteiger charge is 2.08. The van der Waals surface area contributed by atoms with Gasteiger partial charge in [0.2, 0.25) is 10.6 Å². The Kier molecular flexibility index (Phi) is 3.76. The third kappa shape index (κ3) is 3.24. The van der Waals surface area contributed by atoms with Crippen LogP contribution in [0, 0.1) is 11.6 Å². The van der Waals surface area contributed by atoms with Crippen molar-refractivity contribution in [3.05, 3.63) is 40.4 Å². The molecule has 0 saturated carbocycles. The van der Waals surface area contributed by atoms with Crippen LogP contribution in [0.4, 0.5) is 8.78 Å². The standard InChI is InChI=1S/C9H3Cl2F2N3S/c10-7-14-8(11)16-9(15-7)17-4-1-2-5(12)6(13)3-4/h1-3H. The highest BCUT2D eigenvalue weighted by atomic mass is 35.5. The van der Waals surface area contributed by atoms with E-state index in [4.69, 9.17) is 23.2 Å². The number of hydrogen-bond donors (Lipinski definition) is 0. The van der Waals surface area contributed by atoms with Crippen molar-refractivity contribution in [1.29, 1.82) is 0 Å². The molecule has 88 valence electrons.